The number of amides is 1. The Bertz CT molecular complexity index is 487. The van der Waals surface area contributed by atoms with Gasteiger partial charge >= 0.3 is 5.97 Å². The predicted molar refractivity (Wildman–Crippen MR) is 72.9 cm³/mol. The molecule has 0 aromatic rings. The first-order chi connectivity index (χ1) is 9.37. The molecule has 2 aliphatic rings. The molecule has 1 saturated heterocycles. The molecule has 7 heteroatoms. The molecular formula is C13H21NO5S. The lowest BCUT2D eigenvalue weighted by Gasteiger charge is -2.29. The Morgan fingerprint density at radius 3 is 2.45 bits per heavy atom. The van der Waals surface area contributed by atoms with Crippen LogP contribution < -0.4 is 5.32 Å². The number of hydrogen-bond acceptors (Lipinski definition) is 4. The molecule has 1 aliphatic carbocycles. The van der Waals surface area contributed by atoms with Crippen molar-refractivity contribution in [3.63, 3.8) is 0 Å². The number of sulfone groups is 1. The summed E-state index contributed by atoms with van der Waals surface area (Å²) >= 11 is 0. The van der Waals surface area contributed by atoms with Gasteiger partial charge in [-0.05, 0) is 25.2 Å². The van der Waals surface area contributed by atoms with Crippen LogP contribution in [0.1, 0.15) is 38.5 Å². The molecule has 3 atom stereocenters. The van der Waals surface area contributed by atoms with E-state index in [1.54, 1.807) is 0 Å². The quantitative estimate of drug-likeness (QED) is 0.791. The van der Waals surface area contributed by atoms with Crippen molar-refractivity contribution in [2.75, 3.05) is 11.5 Å². The number of rotatable bonds is 4. The third-order valence-electron chi connectivity index (χ3n) is 4.23. The Labute approximate surface area is 118 Å². The molecule has 0 aromatic carbocycles. The number of carbonyl (C=O) groups excluding carboxylic acids is 1. The van der Waals surface area contributed by atoms with E-state index in [-0.39, 0.29) is 35.8 Å². The maximum absolute atomic E-state index is 11.9. The van der Waals surface area contributed by atoms with Gasteiger partial charge in [0.15, 0.2) is 9.84 Å². The van der Waals surface area contributed by atoms with Crippen LogP contribution in [0.4, 0.5) is 0 Å². The molecule has 1 saturated carbocycles. The molecule has 0 radical (unpaired) electrons. The molecule has 1 aliphatic heterocycles. The number of carboxylic acids is 1. The molecule has 6 nitrogen and oxygen atoms in total. The Kier molecular flexibility index (Phi) is 4.67. The van der Waals surface area contributed by atoms with Gasteiger partial charge in [-0.1, -0.05) is 12.8 Å². The van der Waals surface area contributed by atoms with Crippen LogP contribution >= 0.6 is 0 Å². The standard InChI is InChI=1S/C13H21NO5S/c15-12(7-9-5-6-20(18,19)8-9)14-11-4-2-1-3-10(11)13(16)17/h9-11H,1-8H2,(H,14,15)(H,16,17). The average molecular weight is 303 g/mol. The third kappa shape index (κ3) is 3.94. The zero-order valence-corrected chi connectivity index (χ0v) is 12.2. The predicted octanol–water partition coefficient (Wildman–Crippen LogP) is 0.571. The van der Waals surface area contributed by atoms with Gasteiger partial charge in [-0.2, -0.15) is 0 Å². The fraction of sp³-hybridized carbons (Fsp3) is 0.846. The van der Waals surface area contributed by atoms with E-state index in [0.29, 0.717) is 19.3 Å². The Hall–Kier alpha value is -1.11. The van der Waals surface area contributed by atoms with Crippen LogP contribution in [-0.2, 0) is 19.4 Å². The Balaban J connectivity index is 1.86. The van der Waals surface area contributed by atoms with Gasteiger partial charge in [-0.25, -0.2) is 8.42 Å². The lowest BCUT2D eigenvalue weighted by molar-refractivity contribution is -0.144. The largest absolute Gasteiger partial charge is 0.481 e. The summed E-state index contributed by atoms with van der Waals surface area (Å²) in [6.07, 6.45) is 3.80. The number of hydrogen-bond donors (Lipinski definition) is 2. The maximum Gasteiger partial charge on any atom is 0.308 e. The molecular weight excluding hydrogens is 282 g/mol. The van der Waals surface area contributed by atoms with Gasteiger partial charge in [-0.15, -0.1) is 0 Å². The normalized spacial score (nSPS) is 32.7. The van der Waals surface area contributed by atoms with E-state index in [0.717, 1.165) is 12.8 Å². The highest BCUT2D eigenvalue weighted by molar-refractivity contribution is 7.91. The summed E-state index contributed by atoms with van der Waals surface area (Å²) in [6, 6.07) is -0.313. The van der Waals surface area contributed by atoms with E-state index in [1.165, 1.54) is 0 Å². The van der Waals surface area contributed by atoms with Gasteiger partial charge in [0.1, 0.15) is 0 Å². The van der Waals surface area contributed by atoms with Crippen LogP contribution in [-0.4, -0.2) is 42.9 Å². The van der Waals surface area contributed by atoms with E-state index in [1.807, 2.05) is 0 Å². The molecule has 2 rings (SSSR count). The lowest BCUT2D eigenvalue weighted by atomic mass is 9.84. The minimum Gasteiger partial charge on any atom is -0.481 e. The topological polar surface area (TPSA) is 101 Å². The van der Waals surface area contributed by atoms with E-state index in [9.17, 15) is 18.0 Å². The summed E-state index contributed by atoms with van der Waals surface area (Å²) in [6.45, 7) is 0. The van der Waals surface area contributed by atoms with Crippen molar-refractivity contribution in [3.8, 4) is 0 Å². The molecule has 1 amide bonds. The Morgan fingerprint density at radius 2 is 1.85 bits per heavy atom. The molecule has 0 aromatic heterocycles. The van der Waals surface area contributed by atoms with Crippen molar-refractivity contribution in [2.24, 2.45) is 11.8 Å². The summed E-state index contributed by atoms with van der Waals surface area (Å²) in [5.41, 5.74) is 0. The van der Waals surface area contributed by atoms with E-state index in [2.05, 4.69) is 5.32 Å². The molecule has 0 spiro atoms. The van der Waals surface area contributed by atoms with Gasteiger partial charge in [-0.3, -0.25) is 9.59 Å². The minimum atomic E-state index is -2.97. The van der Waals surface area contributed by atoms with E-state index < -0.39 is 21.7 Å². The van der Waals surface area contributed by atoms with Crippen molar-refractivity contribution >= 4 is 21.7 Å². The first kappa shape index (κ1) is 15.3. The van der Waals surface area contributed by atoms with Crippen LogP contribution in [0.15, 0.2) is 0 Å². The second-order valence-corrected chi connectivity index (χ2v) is 8.11. The van der Waals surface area contributed by atoms with Crippen molar-refractivity contribution < 1.29 is 23.1 Å². The summed E-state index contributed by atoms with van der Waals surface area (Å²) < 4.78 is 22.7. The summed E-state index contributed by atoms with van der Waals surface area (Å²) in [4.78, 5) is 23.1. The van der Waals surface area contributed by atoms with Gasteiger partial charge < -0.3 is 10.4 Å². The van der Waals surface area contributed by atoms with Gasteiger partial charge in [0.25, 0.3) is 0 Å². The zero-order chi connectivity index (χ0) is 14.8. The second-order valence-electron chi connectivity index (χ2n) is 5.88. The highest BCUT2D eigenvalue weighted by atomic mass is 32.2. The smallest absolute Gasteiger partial charge is 0.308 e. The van der Waals surface area contributed by atoms with Crippen LogP contribution in [0.25, 0.3) is 0 Å². The van der Waals surface area contributed by atoms with E-state index >= 15 is 0 Å². The van der Waals surface area contributed by atoms with Crippen LogP contribution in [0.5, 0.6) is 0 Å². The number of carboxylic acid groups (broad SMARTS) is 1. The van der Waals surface area contributed by atoms with E-state index in [4.69, 9.17) is 5.11 Å². The second kappa shape index (κ2) is 6.11. The Morgan fingerprint density at radius 1 is 1.15 bits per heavy atom. The zero-order valence-electron chi connectivity index (χ0n) is 11.4. The first-order valence-corrected chi connectivity index (χ1v) is 8.92. The fourth-order valence-electron chi connectivity index (χ4n) is 3.16. The van der Waals surface area contributed by atoms with Crippen molar-refractivity contribution in [1.82, 2.24) is 5.32 Å². The van der Waals surface area contributed by atoms with Crippen LogP contribution in [0, 0.1) is 11.8 Å². The molecule has 20 heavy (non-hydrogen) atoms. The highest BCUT2D eigenvalue weighted by Crippen LogP contribution is 2.26. The molecule has 2 N–H and O–H groups in total. The van der Waals surface area contributed by atoms with Gasteiger partial charge in [0, 0.05) is 12.5 Å². The molecule has 1 heterocycles. The number of nitrogens with one attached hydrogen (secondary N) is 1. The molecule has 3 unspecified atom stereocenters. The molecule has 114 valence electrons. The number of aliphatic carboxylic acids is 1. The third-order valence-corrected chi connectivity index (χ3v) is 6.07. The first-order valence-electron chi connectivity index (χ1n) is 7.10. The molecule has 0 bridgehead atoms. The molecule has 2 fully saturated rings. The van der Waals surface area contributed by atoms with Crippen molar-refractivity contribution in [1.29, 1.82) is 0 Å². The van der Waals surface area contributed by atoms with Crippen LogP contribution in [0.3, 0.4) is 0 Å². The highest BCUT2D eigenvalue weighted by Gasteiger charge is 2.33. The lowest BCUT2D eigenvalue weighted by Crippen LogP contribution is -2.45. The van der Waals surface area contributed by atoms with Crippen LogP contribution in [0.2, 0.25) is 0 Å². The average Bonchev–Trinajstić information content (AvgIpc) is 2.68. The monoisotopic (exact) mass is 303 g/mol. The number of carbonyl (C=O) groups is 2. The van der Waals surface area contributed by atoms with Crippen molar-refractivity contribution in [3.05, 3.63) is 0 Å². The SMILES string of the molecule is O=C(CC1CCS(=O)(=O)C1)NC1CCCCC1C(=O)O. The minimum absolute atomic E-state index is 0.0768. The van der Waals surface area contributed by atoms with Gasteiger partial charge in [0.05, 0.1) is 17.4 Å². The summed E-state index contributed by atoms with van der Waals surface area (Å²) in [7, 11) is -2.97. The summed E-state index contributed by atoms with van der Waals surface area (Å²) in [5.74, 6) is -1.48. The fourth-order valence-corrected chi connectivity index (χ4v) is 5.02. The van der Waals surface area contributed by atoms with Gasteiger partial charge in [0.2, 0.25) is 5.91 Å². The van der Waals surface area contributed by atoms with Crippen molar-refractivity contribution in [2.45, 2.75) is 44.6 Å². The maximum atomic E-state index is 11.9. The summed E-state index contributed by atoms with van der Waals surface area (Å²) in [5, 5.41) is 11.9.